The predicted molar refractivity (Wildman–Crippen MR) is 92.9 cm³/mol. The van der Waals surface area contributed by atoms with Crippen molar-refractivity contribution in [3.8, 4) is 0 Å². The van der Waals surface area contributed by atoms with E-state index in [4.69, 9.17) is 23.2 Å². The summed E-state index contributed by atoms with van der Waals surface area (Å²) in [6.45, 7) is 3.43. The highest BCUT2D eigenvalue weighted by atomic mass is 35.5. The van der Waals surface area contributed by atoms with Gasteiger partial charge in [-0.2, -0.15) is 0 Å². The molecule has 118 valence electrons. The summed E-state index contributed by atoms with van der Waals surface area (Å²) in [5.41, 5.74) is 1.21. The zero-order valence-corrected chi connectivity index (χ0v) is 13.8. The third kappa shape index (κ3) is 4.68. The molecule has 1 N–H and O–H groups in total. The summed E-state index contributed by atoms with van der Waals surface area (Å²) in [6, 6.07) is 13.2. The van der Waals surface area contributed by atoms with Crippen molar-refractivity contribution in [3.05, 3.63) is 82.4 Å². The maximum absolute atomic E-state index is 12.5. The van der Waals surface area contributed by atoms with Crippen LogP contribution in [-0.4, -0.2) is 11.7 Å². The van der Waals surface area contributed by atoms with Crippen molar-refractivity contribution in [3.63, 3.8) is 0 Å². The fraction of sp³-hybridized carbons (Fsp3) is 0.111. The Labute approximate surface area is 144 Å². The highest BCUT2D eigenvalue weighted by Crippen LogP contribution is 2.26. The number of hydrogen-bond acceptors (Lipinski definition) is 2. The van der Waals surface area contributed by atoms with Gasteiger partial charge < -0.3 is 5.32 Å². The van der Waals surface area contributed by atoms with Crippen LogP contribution in [0.1, 0.15) is 28.4 Å². The molecular weight excluding hydrogens is 333 g/mol. The number of rotatable bonds is 6. The molecule has 0 heterocycles. The van der Waals surface area contributed by atoms with Crippen LogP contribution in [-0.2, 0) is 4.79 Å². The van der Waals surface area contributed by atoms with Gasteiger partial charge in [0.15, 0.2) is 5.78 Å². The molecule has 2 rings (SSSR count). The first kappa shape index (κ1) is 17.3. The minimum Gasteiger partial charge on any atom is -0.345 e. The Hall–Kier alpha value is -2.10. The fourth-order valence-corrected chi connectivity index (χ4v) is 2.56. The first-order valence-electron chi connectivity index (χ1n) is 6.97. The maximum atomic E-state index is 12.5. The Morgan fingerprint density at radius 3 is 2.35 bits per heavy atom. The molecular formula is C18H15Cl2NO2. The van der Waals surface area contributed by atoms with Gasteiger partial charge in [-0.3, -0.25) is 9.59 Å². The van der Waals surface area contributed by atoms with E-state index in [2.05, 4.69) is 11.9 Å². The van der Waals surface area contributed by atoms with Crippen LogP contribution in [0.2, 0.25) is 10.0 Å². The average Bonchev–Trinajstić information content (AvgIpc) is 2.55. The van der Waals surface area contributed by atoms with E-state index < -0.39 is 6.04 Å². The van der Waals surface area contributed by atoms with Gasteiger partial charge in [0.1, 0.15) is 0 Å². The summed E-state index contributed by atoms with van der Waals surface area (Å²) in [6.07, 6.45) is 1.25. The number of benzene rings is 2. The van der Waals surface area contributed by atoms with Crippen LogP contribution in [0.25, 0.3) is 0 Å². The monoisotopic (exact) mass is 347 g/mol. The molecule has 0 aliphatic rings. The number of Topliss-reactive ketones (excluding diaryl/α,β-unsaturated/α-hetero) is 1. The first-order chi connectivity index (χ1) is 11.0. The lowest BCUT2D eigenvalue weighted by atomic mass is 9.97. The molecule has 0 saturated heterocycles. The molecule has 2 aromatic carbocycles. The lowest BCUT2D eigenvalue weighted by Gasteiger charge is -2.19. The molecule has 0 aliphatic carbocycles. The van der Waals surface area contributed by atoms with E-state index in [0.717, 1.165) is 6.08 Å². The molecule has 0 saturated carbocycles. The Balaban J connectivity index is 2.25. The number of nitrogens with one attached hydrogen (secondary N) is 1. The second kappa shape index (κ2) is 7.95. The second-order valence-electron chi connectivity index (χ2n) is 4.92. The van der Waals surface area contributed by atoms with Crippen LogP contribution in [0.15, 0.2) is 61.2 Å². The van der Waals surface area contributed by atoms with Crippen molar-refractivity contribution in [1.82, 2.24) is 5.32 Å². The van der Waals surface area contributed by atoms with Gasteiger partial charge in [-0.25, -0.2) is 0 Å². The molecule has 23 heavy (non-hydrogen) atoms. The fourth-order valence-electron chi connectivity index (χ4n) is 2.17. The molecule has 3 nitrogen and oxygen atoms in total. The van der Waals surface area contributed by atoms with E-state index in [1.807, 2.05) is 0 Å². The topological polar surface area (TPSA) is 46.2 Å². The van der Waals surface area contributed by atoms with Gasteiger partial charge in [0, 0.05) is 22.0 Å². The molecule has 2 aromatic rings. The summed E-state index contributed by atoms with van der Waals surface area (Å²) in [7, 11) is 0. The van der Waals surface area contributed by atoms with Gasteiger partial charge in [0.25, 0.3) is 0 Å². The van der Waals surface area contributed by atoms with Crippen LogP contribution in [0, 0.1) is 0 Å². The molecule has 0 bridgehead atoms. The maximum Gasteiger partial charge on any atom is 0.243 e. The van der Waals surface area contributed by atoms with Crippen molar-refractivity contribution < 1.29 is 9.59 Å². The van der Waals surface area contributed by atoms with Crippen molar-refractivity contribution in [2.45, 2.75) is 12.5 Å². The number of halogens is 2. The van der Waals surface area contributed by atoms with E-state index in [-0.39, 0.29) is 18.1 Å². The van der Waals surface area contributed by atoms with Gasteiger partial charge in [-0.1, -0.05) is 48.0 Å². The molecule has 0 fully saturated rings. The van der Waals surface area contributed by atoms with Gasteiger partial charge in [-0.15, -0.1) is 0 Å². The molecule has 0 aromatic heterocycles. The van der Waals surface area contributed by atoms with Crippen LogP contribution in [0.4, 0.5) is 0 Å². The third-order valence-electron chi connectivity index (χ3n) is 3.34. The SMILES string of the molecule is C=CC(=O)NC(CC(=O)c1ccc(Cl)cc1)c1ccccc1Cl. The molecule has 0 spiro atoms. The molecule has 0 aliphatic heterocycles. The predicted octanol–water partition coefficient (Wildman–Crippen LogP) is 4.61. The van der Waals surface area contributed by atoms with Crippen LogP contribution in [0.5, 0.6) is 0 Å². The van der Waals surface area contributed by atoms with Gasteiger partial charge in [-0.05, 0) is 42.0 Å². The highest BCUT2D eigenvalue weighted by molar-refractivity contribution is 6.31. The summed E-state index contributed by atoms with van der Waals surface area (Å²) in [4.78, 5) is 24.1. The zero-order valence-electron chi connectivity index (χ0n) is 12.3. The Bertz CT molecular complexity index is 726. The first-order valence-corrected chi connectivity index (χ1v) is 7.73. The van der Waals surface area contributed by atoms with E-state index in [0.29, 0.717) is 21.2 Å². The second-order valence-corrected chi connectivity index (χ2v) is 5.76. The van der Waals surface area contributed by atoms with E-state index in [9.17, 15) is 9.59 Å². The normalized spacial score (nSPS) is 11.6. The number of carbonyl (C=O) groups excluding carboxylic acids is 2. The van der Waals surface area contributed by atoms with Gasteiger partial charge in [0.05, 0.1) is 6.04 Å². The minimum atomic E-state index is -0.530. The smallest absolute Gasteiger partial charge is 0.243 e. The van der Waals surface area contributed by atoms with Crippen LogP contribution in [0.3, 0.4) is 0 Å². The summed E-state index contributed by atoms with van der Waals surface area (Å²) < 4.78 is 0. The van der Waals surface area contributed by atoms with Gasteiger partial charge in [0.2, 0.25) is 5.91 Å². The largest absolute Gasteiger partial charge is 0.345 e. The van der Waals surface area contributed by atoms with Crippen molar-refractivity contribution in [1.29, 1.82) is 0 Å². The third-order valence-corrected chi connectivity index (χ3v) is 3.93. The summed E-state index contributed by atoms with van der Waals surface area (Å²) in [5, 5.41) is 3.80. The quantitative estimate of drug-likeness (QED) is 0.612. The Morgan fingerprint density at radius 2 is 1.74 bits per heavy atom. The summed E-state index contributed by atoms with van der Waals surface area (Å²) >= 11 is 12.0. The lowest BCUT2D eigenvalue weighted by Crippen LogP contribution is -2.29. The van der Waals surface area contributed by atoms with Crippen molar-refractivity contribution in [2.24, 2.45) is 0 Å². The van der Waals surface area contributed by atoms with Gasteiger partial charge >= 0.3 is 0 Å². The summed E-state index contributed by atoms with van der Waals surface area (Å²) in [5.74, 6) is -0.477. The van der Waals surface area contributed by atoms with Crippen LogP contribution < -0.4 is 5.32 Å². The van der Waals surface area contributed by atoms with E-state index >= 15 is 0 Å². The Morgan fingerprint density at radius 1 is 1.09 bits per heavy atom. The molecule has 1 amide bonds. The van der Waals surface area contributed by atoms with E-state index in [1.165, 1.54) is 0 Å². The standard InChI is InChI=1S/C18H15Cl2NO2/c1-2-18(23)21-16(14-5-3-4-6-15(14)20)11-17(22)12-7-9-13(19)10-8-12/h2-10,16H,1,11H2,(H,21,23). The average molecular weight is 348 g/mol. The van der Waals surface area contributed by atoms with Crippen molar-refractivity contribution in [2.75, 3.05) is 0 Å². The van der Waals surface area contributed by atoms with Crippen molar-refractivity contribution >= 4 is 34.9 Å². The van der Waals surface area contributed by atoms with E-state index in [1.54, 1.807) is 48.5 Å². The number of carbonyl (C=O) groups is 2. The van der Waals surface area contributed by atoms with Crippen LogP contribution >= 0.6 is 23.2 Å². The lowest BCUT2D eigenvalue weighted by molar-refractivity contribution is -0.117. The molecule has 1 atom stereocenters. The number of hydrogen-bond donors (Lipinski definition) is 1. The highest BCUT2D eigenvalue weighted by Gasteiger charge is 2.20. The molecule has 1 unspecified atom stereocenters. The molecule has 5 heteroatoms. The number of amides is 1. The minimum absolute atomic E-state index is 0.0882. The number of ketones is 1. The molecule has 0 radical (unpaired) electrons. The Kier molecular flexibility index (Phi) is 5.97. The zero-order chi connectivity index (χ0) is 16.8.